The highest BCUT2D eigenvalue weighted by Gasteiger charge is 2.11. The number of carbonyl (C=O) groups excluding carboxylic acids is 1. The van der Waals surface area contributed by atoms with Crippen LogP contribution in [0.25, 0.3) is 22.0 Å². The van der Waals surface area contributed by atoms with E-state index in [2.05, 4.69) is 34.6 Å². The van der Waals surface area contributed by atoms with Crippen LogP contribution in [0.1, 0.15) is 15.9 Å². The first-order chi connectivity index (χ1) is 16.1. The number of hydrogen-bond donors (Lipinski definition) is 1. The van der Waals surface area contributed by atoms with Gasteiger partial charge in [-0.1, -0.05) is 60.1 Å². The third kappa shape index (κ3) is 5.06. The van der Waals surface area contributed by atoms with Crippen molar-refractivity contribution in [1.29, 1.82) is 0 Å². The average molecular weight is 471 g/mol. The first kappa shape index (κ1) is 21.2. The molecule has 5 rings (SSSR count). The Labute approximate surface area is 200 Å². The van der Waals surface area contributed by atoms with Gasteiger partial charge in [0.1, 0.15) is 12.4 Å². The molecule has 5 aromatic rings. The third-order valence-corrected chi connectivity index (χ3v) is 6.21. The van der Waals surface area contributed by atoms with E-state index >= 15 is 0 Å². The summed E-state index contributed by atoms with van der Waals surface area (Å²) in [6.07, 6.45) is 0. The van der Waals surface area contributed by atoms with Crippen molar-refractivity contribution in [1.82, 2.24) is 4.98 Å². The van der Waals surface area contributed by atoms with E-state index in [4.69, 9.17) is 16.3 Å². The van der Waals surface area contributed by atoms with Crippen molar-refractivity contribution < 1.29 is 9.53 Å². The van der Waals surface area contributed by atoms with Gasteiger partial charge in [-0.3, -0.25) is 10.1 Å². The zero-order chi connectivity index (χ0) is 22.6. The Hall–Kier alpha value is -3.67. The molecule has 4 aromatic carbocycles. The molecule has 0 atom stereocenters. The van der Waals surface area contributed by atoms with E-state index < -0.39 is 0 Å². The maximum Gasteiger partial charge on any atom is 0.257 e. The van der Waals surface area contributed by atoms with Crippen LogP contribution in [-0.4, -0.2) is 10.9 Å². The third-order valence-electron chi connectivity index (χ3n) is 5.21. The molecule has 1 N–H and O–H groups in total. The number of benzene rings is 4. The number of rotatable bonds is 6. The summed E-state index contributed by atoms with van der Waals surface area (Å²) in [4.78, 5) is 17.3. The number of ether oxygens (including phenoxy) is 1. The molecule has 0 saturated carbocycles. The molecule has 0 aliphatic carbocycles. The van der Waals surface area contributed by atoms with Crippen molar-refractivity contribution in [3.05, 3.63) is 113 Å². The van der Waals surface area contributed by atoms with Crippen LogP contribution in [0, 0.1) is 0 Å². The minimum atomic E-state index is -0.195. The van der Waals surface area contributed by atoms with Gasteiger partial charge >= 0.3 is 0 Å². The highest BCUT2D eigenvalue weighted by Crippen LogP contribution is 2.28. The normalized spacial score (nSPS) is 10.8. The predicted octanol–water partition coefficient (Wildman–Crippen LogP) is 7.45. The molecule has 162 valence electrons. The number of anilines is 1. The minimum Gasteiger partial charge on any atom is -0.489 e. The maximum absolute atomic E-state index is 12.7. The summed E-state index contributed by atoms with van der Waals surface area (Å²) in [6.45, 7) is 0.408. The highest BCUT2D eigenvalue weighted by atomic mass is 35.5. The summed E-state index contributed by atoms with van der Waals surface area (Å²) in [5.74, 6) is 0.548. The Bertz CT molecular complexity index is 1410. The van der Waals surface area contributed by atoms with Crippen molar-refractivity contribution in [3.8, 4) is 17.0 Å². The number of aromatic nitrogens is 1. The van der Waals surface area contributed by atoms with E-state index in [1.165, 1.54) is 16.7 Å². The smallest absolute Gasteiger partial charge is 0.257 e. The summed E-state index contributed by atoms with van der Waals surface area (Å²) in [7, 11) is 0. The van der Waals surface area contributed by atoms with E-state index in [-0.39, 0.29) is 5.91 Å². The standard InChI is InChI=1S/C27H19ClN2O2S/c28-23-11-13-24(14-12-23)32-16-18-5-7-20(8-6-18)26(31)30-27-29-25(17-33-27)22-10-9-19-3-1-2-4-21(19)15-22/h1-15,17H,16H2,(H,29,30,31). The fourth-order valence-corrected chi connectivity index (χ4v) is 4.27. The van der Waals surface area contributed by atoms with Crippen LogP contribution in [0.3, 0.4) is 0 Å². The topological polar surface area (TPSA) is 51.2 Å². The van der Waals surface area contributed by atoms with Crippen molar-refractivity contribution in [2.75, 3.05) is 5.32 Å². The Morgan fingerprint density at radius 3 is 2.45 bits per heavy atom. The fourth-order valence-electron chi connectivity index (χ4n) is 3.43. The molecule has 0 unspecified atom stereocenters. The number of amides is 1. The van der Waals surface area contributed by atoms with Crippen LogP contribution in [-0.2, 0) is 6.61 Å². The molecule has 0 spiro atoms. The molecule has 1 heterocycles. The van der Waals surface area contributed by atoms with Gasteiger partial charge < -0.3 is 4.74 Å². The second kappa shape index (κ2) is 9.45. The van der Waals surface area contributed by atoms with Crippen LogP contribution in [0.2, 0.25) is 5.02 Å². The lowest BCUT2D eigenvalue weighted by Crippen LogP contribution is -2.11. The first-order valence-electron chi connectivity index (χ1n) is 10.4. The lowest BCUT2D eigenvalue weighted by molar-refractivity contribution is 0.102. The molecule has 0 fully saturated rings. The molecule has 1 amide bonds. The average Bonchev–Trinajstić information content (AvgIpc) is 3.32. The summed E-state index contributed by atoms with van der Waals surface area (Å²) in [5, 5.41) is 8.43. The van der Waals surface area contributed by atoms with Crippen molar-refractivity contribution >= 4 is 44.7 Å². The number of halogens is 1. The minimum absolute atomic E-state index is 0.195. The Morgan fingerprint density at radius 2 is 1.67 bits per heavy atom. The molecule has 0 radical (unpaired) electrons. The number of fused-ring (bicyclic) bond motifs is 1. The first-order valence-corrected chi connectivity index (χ1v) is 11.6. The van der Waals surface area contributed by atoms with Crippen LogP contribution < -0.4 is 10.1 Å². The molecule has 1 aromatic heterocycles. The zero-order valence-electron chi connectivity index (χ0n) is 17.5. The van der Waals surface area contributed by atoms with Gasteiger partial charge in [-0.25, -0.2) is 4.98 Å². The fraction of sp³-hybridized carbons (Fsp3) is 0.0370. The lowest BCUT2D eigenvalue weighted by atomic mass is 10.1. The number of carbonyl (C=O) groups is 1. The molecule has 0 aliphatic heterocycles. The highest BCUT2D eigenvalue weighted by molar-refractivity contribution is 7.14. The molecule has 33 heavy (non-hydrogen) atoms. The Morgan fingerprint density at radius 1 is 0.909 bits per heavy atom. The lowest BCUT2D eigenvalue weighted by Gasteiger charge is -2.07. The van der Waals surface area contributed by atoms with Crippen LogP contribution in [0.4, 0.5) is 5.13 Å². The van der Waals surface area contributed by atoms with E-state index in [9.17, 15) is 4.79 Å². The molecular weight excluding hydrogens is 452 g/mol. The summed E-state index contributed by atoms with van der Waals surface area (Å²) < 4.78 is 5.75. The van der Waals surface area contributed by atoms with Gasteiger partial charge in [0.15, 0.2) is 5.13 Å². The number of hydrogen-bond acceptors (Lipinski definition) is 4. The zero-order valence-corrected chi connectivity index (χ0v) is 19.1. The van der Waals surface area contributed by atoms with Gasteiger partial charge in [-0.05, 0) is 58.8 Å². The predicted molar refractivity (Wildman–Crippen MR) is 135 cm³/mol. The van der Waals surface area contributed by atoms with E-state index in [0.29, 0.717) is 22.3 Å². The van der Waals surface area contributed by atoms with Crippen LogP contribution in [0.5, 0.6) is 5.75 Å². The van der Waals surface area contributed by atoms with E-state index in [1.54, 1.807) is 24.3 Å². The number of nitrogens with zero attached hydrogens (tertiary/aromatic N) is 1. The van der Waals surface area contributed by atoms with Crippen molar-refractivity contribution in [2.45, 2.75) is 6.61 Å². The second-order valence-corrected chi connectivity index (χ2v) is 8.79. The quantitative estimate of drug-likeness (QED) is 0.280. The summed E-state index contributed by atoms with van der Waals surface area (Å²) in [6, 6.07) is 29.0. The van der Waals surface area contributed by atoms with Crippen LogP contribution >= 0.6 is 22.9 Å². The largest absolute Gasteiger partial charge is 0.489 e. The second-order valence-electron chi connectivity index (χ2n) is 7.49. The van der Waals surface area contributed by atoms with Gasteiger partial charge in [0, 0.05) is 21.5 Å². The molecule has 6 heteroatoms. The number of nitrogens with one attached hydrogen (secondary N) is 1. The number of thiazole rings is 1. The molecular formula is C27H19ClN2O2S. The van der Waals surface area contributed by atoms with E-state index in [0.717, 1.165) is 28.0 Å². The van der Waals surface area contributed by atoms with Gasteiger partial charge in [-0.2, -0.15) is 0 Å². The van der Waals surface area contributed by atoms with Gasteiger partial charge in [0.25, 0.3) is 5.91 Å². The Balaban J connectivity index is 1.22. The maximum atomic E-state index is 12.7. The summed E-state index contributed by atoms with van der Waals surface area (Å²) in [5.41, 5.74) is 3.40. The van der Waals surface area contributed by atoms with Crippen LogP contribution in [0.15, 0.2) is 96.4 Å². The molecule has 0 bridgehead atoms. The SMILES string of the molecule is O=C(Nc1nc(-c2ccc3ccccc3c2)cs1)c1ccc(COc2ccc(Cl)cc2)cc1. The Kier molecular flexibility index (Phi) is 6.07. The monoisotopic (exact) mass is 470 g/mol. The molecule has 0 aliphatic rings. The van der Waals surface area contributed by atoms with E-state index in [1.807, 2.05) is 47.8 Å². The van der Waals surface area contributed by atoms with Crippen molar-refractivity contribution in [3.63, 3.8) is 0 Å². The summed E-state index contributed by atoms with van der Waals surface area (Å²) >= 11 is 7.30. The van der Waals surface area contributed by atoms with Gasteiger partial charge in [0.2, 0.25) is 0 Å². The molecule has 4 nitrogen and oxygen atoms in total. The van der Waals surface area contributed by atoms with Crippen molar-refractivity contribution in [2.24, 2.45) is 0 Å². The van der Waals surface area contributed by atoms with Gasteiger partial charge in [-0.15, -0.1) is 11.3 Å². The molecule has 0 saturated heterocycles. The van der Waals surface area contributed by atoms with Gasteiger partial charge in [0.05, 0.1) is 5.69 Å².